The van der Waals surface area contributed by atoms with Gasteiger partial charge in [-0.2, -0.15) is 13.2 Å². The SMILES string of the molecule is C=C(/C=C\N=C(C)CCC)C(F)(F)F.CCCCc1c(C(C)c2ccccc2F)[nH]c2ccc(Cl)cc12. The smallest absolute Gasteiger partial charge is 0.358 e. The number of fused-ring (bicyclic) bond motifs is 1. The number of aryl methyl sites for hydroxylation is 1. The van der Waals surface area contributed by atoms with Gasteiger partial charge in [0.15, 0.2) is 0 Å². The number of unbranched alkanes of at least 4 members (excludes halogenated alkanes) is 1. The number of rotatable bonds is 9. The fourth-order valence-electron chi connectivity index (χ4n) is 3.99. The number of alkyl halides is 3. The zero-order valence-corrected chi connectivity index (χ0v) is 22.6. The molecule has 1 heterocycles. The Hall–Kier alpha value is -2.86. The second-order valence-corrected chi connectivity index (χ2v) is 9.44. The minimum Gasteiger partial charge on any atom is -0.358 e. The van der Waals surface area contributed by atoms with Gasteiger partial charge in [0, 0.05) is 45.0 Å². The first kappa shape index (κ1) is 30.4. The van der Waals surface area contributed by atoms with E-state index in [-0.39, 0.29) is 11.7 Å². The van der Waals surface area contributed by atoms with Gasteiger partial charge >= 0.3 is 6.18 Å². The molecule has 2 aromatic carbocycles. The Kier molecular flexibility index (Phi) is 11.6. The molecule has 3 aromatic rings. The van der Waals surface area contributed by atoms with Crippen molar-refractivity contribution in [3.8, 4) is 0 Å². The third-order valence-electron chi connectivity index (χ3n) is 6.03. The van der Waals surface area contributed by atoms with Crippen LogP contribution in [0.5, 0.6) is 0 Å². The van der Waals surface area contributed by atoms with Crippen molar-refractivity contribution in [1.82, 2.24) is 4.98 Å². The molecule has 0 bridgehead atoms. The first-order chi connectivity index (χ1) is 17.5. The standard InChI is InChI=1S/C20H21ClFN.C10H14F3N/c1-3-4-7-16-17-12-14(21)10-11-19(17)23-20(16)13(2)15-8-5-6-9-18(15)22;1-4-5-9(3)14-7-6-8(2)10(11,12)13/h5-6,8-13,23H,3-4,7H2,1-2H3;6-7H,2,4-5H2,1,3H3/b;7-6-,14-9?. The molecule has 0 radical (unpaired) electrons. The lowest BCUT2D eigenvalue weighted by Gasteiger charge is -2.14. The fraction of sp³-hybridized carbons (Fsp3) is 0.367. The Morgan fingerprint density at radius 3 is 2.46 bits per heavy atom. The average molecular weight is 535 g/mol. The van der Waals surface area contributed by atoms with Gasteiger partial charge in [0.05, 0.1) is 0 Å². The molecule has 1 N–H and O–H groups in total. The number of benzene rings is 2. The molecule has 0 saturated heterocycles. The lowest BCUT2D eigenvalue weighted by Crippen LogP contribution is -2.08. The molecule has 0 saturated carbocycles. The van der Waals surface area contributed by atoms with Crippen molar-refractivity contribution in [1.29, 1.82) is 0 Å². The molecule has 0 aliphatic rings. The van der Waals surface area contributed by atoms with Gasteiger partial charge in [-0.3, -0.25) is 4.99 Å². The van der Waals surface area contributed by atoms with Crippen LogP contribution in [0.1, 0.15) is 76.1 Å². The van der Waals surface area contributed by atoms with E-state index in [9.17, 15) is 17.6 Å². The van der Waals surface area contributed by atoms with Gasteiger partial charge in [-0.25, -0.2) is 4.39 Å². The molecule has 0 spiro atoms. The summed E-state index contributed by atoms with van der Waals surface area (Å²) in [6.07, 6.45) is 2.60. The summed E-state index contributed by atoms with van der Waals surface area (Å²) in [6, 6.07) is 12.9. The number of aromatic amines is 1. The summed E-state index contributed by atoms with van der Waals surface area (Å²) in [5.74, 6) is -0.174. The Bertz CT molecular complexity index is 1240. The number of hydrogen-bond donors (Lipinski definition) is 1. The number of nitrogens with one attached hydrogen (secondary N) is 1. The molecule has 1 aromatic heterocycles. The van der Waals surface area contributed by atoms with E-state index in [2.05, 4.69) is 30.4 Å². The highest BCUT2D eigenvalue weighted by molar-refractivity contribution is 6.31. The van der Waals surface area contributed by atoms with E-state index in [1.54, 1.807) is 13.0 Å². The van der Waals surface area contributed by atoms with Gasteiger partial charge in [-0.1, -0.05) is 70.0 Å². The second-order valence-electron chi connectivity index (χ2n) is 9.01. The average Bonchev–Trinajstić information content (AvgIpc) is 3.20. The van der Waals surface area contributed by atoms with Gasteiger partial charge in [-0.15, -0.1) is 0 Å². The van der Waals surface area contributed by atoms with Gasteiger partial charge in [0.1, 0.15) is 5.82 Å². The highest BCUT2D eigenvalue weighted by Gasteiger charge is 2.29. The first-order valence-corrected chi connectivity index (χ1v) is 12.9. The van der Waals surface area contributed by atoms with Crippen molar-refractivity contribution in [3.05, 3.63) is 94.6 Å². The van der Waals surface area contributed by atoms with E-state index >= 15 is 0 Å². The number of H-pyrrole nitrogens is 1. The highest BCUT2D eigenvalue weighted by Crippen LogP contribution is 2.34. The zero-order valence-electron chi connectivity index (χ0n) is 21.9. The largest absolute Gasteiger partial charge is 0.415 e. The molecule has 2 nitrogen and oxygen atoms in total. The van der Waals surface area contributed by atoms with E-state index in [1.165, 1.54) is 11.6 Å². The van der Waals surface area contributed by atoms with Crippen molar-refractivity contribution < 1.29 is 17.6 Å². The summed E-state index contributed by atoms with van der Waals surface area (Å²) in [4.78, 5) is 7.34. The molecular weight excluding hydrogens is 500 g/mol. The number of hydrogen-bond acceptors (Lipinski definition) is 1. The molecule has 0 fully saturated rings. The summed E-state index contributed by atoms with van der Waals surface area (Å²) in [5, 5.41) is 1.89. The van der Waals surface area contributed by atoms with Crippen LogP contribution in [0.15, 0.2) is 71.9 Å². The number of aliphatic imine (C=N–C) groups is 1. The molecular formula is C30H35ClF4N2. The molecule has 7 heteroatoms. The van der Waals surface area contributed by atoms with Crippen LogP contribution < -0.4 is 0 Å². The van der Waals surface area contributed by atoms with Crippen LogP contribution in [-0.2, 0) is 6.42 Å². The van der Waals surface area contributed by atoms with Crippen LogP contribution in [0.25, 0.3) is 10.9 Å². The summed E-state index contributed by atoms with van der Waals surface area (Å²) in [7, 11) is 0. The molecule has 37 heavy (non-hydrogen) atoms. The van der Waals surface area contributed by atoms with Crippen LogP contribution in [0.2, 0.25) is 5.02 Å². The van der Waals surface area contributed by atoms with Crippen LogP contribution >= 0.6 is 11.6 Å². The number of aromatic nitrogens is 1. The molecule has 0 aliphatic carbocycles. The molecule has 200 valence electrons. The minimum atomic E-state index is -4.36. The van der Waals surface area contributed by atoms with Crippen molar-refractivity contribution in [2.75, 3.05) is 0 Å². The maximum atomic E-state index is 14.2. The predicted molar refractivity (Wildman–Crippen MR) is 148 cm³/mol. The van der Waals surface area contributed by atoms with Crippen LogP contribution in [0.4, 0.5) is 17.6 Å². The Labute approximate surface area is 222 Å². The lowest BCUT2D eigenvalue weighted by atomic mass is 9.92. The normalized spacial score (nSPS) is 13.1. The van der Waals surface area contributed by atoms with Crippen molar-refractivity contribution >= 4 is 28.2 Å². The summed E-state index contributed by atoms with van der Waals surface area (Å²) < 4.78 is 50.0. The number of nitrogens with zero attached hydrogens (tertiary/aromatic N) is 1. The fourth-order valence-corrected chi connectivity index (χ4v) is 4.16. The maximum absolute atomic E-state index is 14.2. The number of halogens is 5. The Morgan fingerprint density at radius 2 is 1.84 bits per heavy atom. The molecule has 0 amide bonds. The van der Waals surface area contributed by atoms with Crippen molar-refractivity contribution in [2.45, 2.75) is 71.9 Å². The Balaban J connectivity index is 0.000000298. The Morgan fingerprint density at radius 1 is 1.14 bits per heavy atom. The summed E-state index contributed by atoms with van der Waals surface area (Å²) in [6.45, 7) is 10.9. The van der Waals surface area contributed by atoms with Crippen LogP contribution in [0.3, 0.4) is 0 Å². The maximum Gasteiger partial charge on any atom is 0.415 e. The highest BCUT2D eigenvalue weighted by atomic mass is 35.5. The number of allylic oxidation sites excluding steroid dienone is 2. The lowest BCUT2D eigenvalue weighted by molar-refractivity contribution is -0.0878. The van der Waals surface area contributed by atoms with E-state index in [0.29, 0.717) is 0 Å². The van der Waals surface area contributed by atoms with E-state index < -0.39 is 11.7 Å². The van der Waals surface area contributed by atoms with Gasteiger partial charge in [-0.05, 0) is 67.7 Å². The van der Waals surface area contributed by atoms with Gasteiger partial charge < -0.3 is 4.98 Å². The predicted octanol–water partition coefficient (Wildman–Crippen LogP) is 10.3. The minimum absolute atomic E-state index is 0.0192. The van der Waals surface area contributed by atoms with E-state index in [4.69, 9.17) is 11.6 Å². The van der Waals surface area contributed by atoms with Crippen LogP contribution in [-0.4, -0.2) is 16.9 Å². The topological polar surface area (TPSA) is 28.1 Å². The summed E-state index contributed by atoms with van der Waals surface area (Å²) in [5.41, 5.74) is 4.09. The first-order valence-electron chi connectivity index (χ1n) is 12.5. The van der Waals surface area contributed by atoms with Crippen molar-refractivity contribution in [3.63, 3.8) is 0 Å². The van der Waals surface area contributed by atoms with Gasteiger partial charge in [0.2, 0.25) is 0 Å². The van der Waals surface area contributed by atoms with Crippen molar-refractivity contribution in [2.24, 2.45) is 4.99 Å². The molecule has 0 aliphatic heterocycles. The summed E-state index contributed by atoms with van der Waals surface area (Å²) >= 11 is 6.18. The third kappa shape index (κ3) is 8.89. The molecule has 3 rings (SSSR count). The van der Waals surface area contributed by atoms with Gasteiger partial charge in [0.25, 0.3) is 0 Å². The molecule has 1 unspecified atom stereocenters. The quantitative estimate of drug-likeness (QED) is 0.161. The second kappa shape index (κ2) is 14.2. The monoisotopic (exact) mass is 534 g/mol. The third-order valence-corrected chi connectivity index (χ3v) is 6.27. The van der Waals surface area contributed by atoms with Crippen LogP contribution in [0, 0.1) is 5.82 Å². The van der Waals surface area contributed by atoms with E-state index in [1.807, 2.05) is 37.3 Å². The molecule has 1 atom stereocenters. The van der Waals surface area contributed by atoms with E-state index in [0.717, 1.165) is 77.3 Å². The zero-order chi connectivity index (χ0) is 27.6.